The molecule has 0 radical (unpaired) electrons. The van der Waals surface area contributed by atoms with Crippen molar-refractivity contribution >= 4 is 29.1 Å². The van der Waals surface area contributed by atoms with E-state index in [9.17, 15) is 9.59 Å². The van der Waals surface area contributed by atoms with Crippen LogP contribution in [0, 0.1) is 5.92 Å². The van der Waals surface area contributed by atoms with Crippen molar-refractivity contribution in [2.24, 2.45) is 10.9 Å². The lowest BCUT2D eigenvalue weighted by Gasteiger charge is -2.37. The quantitative estimate of drug-likeness (QED) is 0.571. The fourth-order valence-electron chi connectivity index (χ4n) is 4.96. The zero-order chi connectivity index (χ0) is 23.7. The summed E-state index contributed by atoms with van der Waals surface area (Å²) in [6, 6.07) is 13.0. The number of esters is 1. The number of aliphatic imine (C=N–C) groups is 1. The molecular formula is C26H26ClNO5. The minimum absolute atomic E-state index is 0.00685. The van der Waals surface area contributed by atoms with Crippen LogP contribution in [-0.2, 0) is 14.3 Å². The van der Waals surface area contributed by atoms with Gasteiger partial charge in [0, 0.05) is 39.9 Å². The third-order valence-electron chi connectivity index (χ3n) is 6.45. The number of nitrogens with zero attached hydrogens (tertiary/aromatic N) is 1. The predicted octanol–water partition coefficient (Wildman–Crippen LogP) is 5.11. The van der Waals surface area contributed by atoms with Crippen molar-refractivity contribution in [1.82, 2.24) is 0 Å². The summed E-state index contributed by atoms with van der Waals surface area (Å²) < 4.78 is 16.3. The van der Waals surface area contributed by atoms with E-state index >= 15 is 0 Å². The molecule has 2 aliphatic rings. The van der Waals surface area contributed by atoms with E-state index in [0.717, 1.165) is 5.56 Å². The standard InChI is InChI=1S/C26H26ClNO5/c1-14-22(26(30)33-4)23(18-6-5-7-21(31-2)25(18)32-3)24-19(28-14)12-16(13-20(24)29)15-8-10-17(27)11-9-15/h5-11,16,22-23H,12-13H2,1-4H3/t16-,22?,23-/m1/s1. The molecule has 33 heavy (non-hydrogen) atoms. The summed E-state index contributed by atoms with van der Waals surface area (Å²) in [4.78, 5) is 31.2. The molecule has 3 atom stereocenters. The number of halogens is 1. The Balaban J connectivity index is 1.87. The number of benzene rings is 2. The minimum Gasteiger partial charge on any atom is -0.493 e. The average Bonchev–Trinajstić information content (AvgIpc) is 2.82. The van der Waals surface area contributed by atoms with Crippen LogP contribution in [0.2, 0.25) is 5.02 Å². The van der Waals surface area contributed by atoms with Gasteiger partial charge in [-0.25, -0.2) is 0 Å². The van der Waals surface area contributed by atoms with Crippen molar-refractivity contribution in [3.8, 4) is 11.5 Å². The molecule has 0 bridgehead atoms. The molecule has 0 N–H and O–H groups in total. The average molecular weight is 468 g/mol. The number of methoxy groups -OCH3 is 3. The zero-order valence-corrected chi connectivity index (χ0v) is 19.8. The molecule has 1 aliphatic heterocycles. The van der Waals surface area contributed by atoms with Crippen LogP contribution < -0.4 is 9.47 Å². The van der Waals surface area contributed by atoms with E-state index in [0.29, 0.717) is 51.9 Å². The van der Waals surface area contributed by atoms with Gasteiger partial charge in [0.15, 0.2) is 17.3 Å². The maximum Gasteiger partial charge on any atom is 0.315 e. The smallest absolute Gasteiger partial charge is 0.315 e. The third-order valence-corrected chi connectivity index (χ3v) is 6.71. The van der Waals surface area contributed by atoms with Crippen LogP contribution in [-0.4, -0.2) is 38.8 Å². The van der Waals surface area contributed by atoms with E-state index in [2.05, 4.69) is 0 Å². The molecule has 1 unspecified atom stereocenters. The number of para-hydroxylation sites is 1. The normalized spacial score (nSPS) is 22.4. The summed E-state index contributed by atoms with van der Waals surface area (Å²) in [7, 11) is 4.45. The van der Waals surface area contributed by atoms with Gasteiger partial charge in [0.2, 0.25) is 0 Å². The lowest BCUT2D eigenvalue weighted by atomic mass is 9.69. The van der Waals surface area contributed by atoms with Gasteiger partial charge in [-0.3, -0.25) is 14.6 Å². The van der Waals surface area contributed by atoms with Gasteiger partial charge < -0.3 is 14.2 Å². The first-order valence-electron chi connectivity index (χ1n) is 10.7. The maximum atomic E-state index is 13.6. The Morgan fingerprint density at radius 2 is 1.76 bits per heavy atom. The summed E-state index contributed by atoms with van der Waals surface area (Å²) in [5, 5.41) is 0.651. The number of allylic oxidation sites excluding steroid dienone is 2. The van der Waals surface area contributed by atoms with E-state index in [1.165, 1.54) is 7.11 Å². The Morgan fingerprint density at radius 3 is 2.39 bits per heavy atom. The topological polar surface area (TPSA) is 74.2 Å². The Hall–Kier alpha value is -3.12. The van der Waals surface area contributed by atoms with Crippen LogP contribution in [0.1, 0.15) is 42.7 Å². The third kappa shape index (κ3) is 4.15. The summed E-state index contributed by atoms with van der Waals surface area (Å²) in [5.41, 5.74) is 3.61. The van der Waals surface area contributed by atoms with Crippen molar-refractivity contribution in [3.05, 3.63) is 69.9 Å². The molecule has 4 rings (SSSR count). The Morgan fingerprint density at radius 1 is 1.03 bits per heavy atom. The molecule has 0 saturated carbocycles. The summed E-state index contributed by atoms with van der Waals surface area (Å²) >= 11 is 6.04. The van der Waals surface area contributed by atoms with Crippen LogP contribution in [0.15, 0.2) is 58.7 Å². The molecule has 0 spiro atoms. The molecule has 0 fully saturated rings. The highest BCUT2D eigenvalue weighted by Crippen LogP contribution is 2.50. The van der Waals surface area contributed by atoms with Crippen molar-refractivity contribution in [3.63, 3.8) is 0 Å². The second-order valence-corrected chi connectivity index (χ2v) is 8.69. The molecule has 1 heterocycles. The molecule has 1 aliphatic carbocycles. The largest absolute Gasteiger partial charge is 0.493 e. The number of hydrogen-bond donors (Lipinski definition) is 0. The lowest BCUT2D eigenvalue weighted by Crippen LogP contribution is -2.38. The highest BCUT2D eigenvalue weighted by molar-refractivity contribution is 6.30. The lowest BCUT2D eigenvalue weighted by molar-refractivity contribution is -0.143. The Labute approximate surface area is 198 Å². The van der Waals surface area contributed by atoms with Crippen LogP contribution >= 0.6 is 11.6 Å². The molecule has 172 valence electrons. The van der Waals surface area contributed by atoms with Crippen molar-refractivity contribution < 1.29 is 23.8 Å². The monoisotopic (exact) mass is 467 g/mol. The first kappa shape index (κ1) is 23.1. The zero-order valence-electron chi connectivity index (χ0n) is 19.1. The van der Waals surface area contributed by atoms with Gasteiger partial charge in [0.25, 0.3) is 0 Å². The van der Waals surface area contributed by atoms with E-state index in [-0.39, 0.29) is 11.7 Å². The van der Waals surface area contributed by atoms with Gasteiger partial charge in [0.05, 0.1) is 21.3 Å². The first-order valence-corrected chi connectivity index (χ1v) is 11.1. The van der Waals surface area contributed by atoms with Crippen molar-refractivity contribution in [2.75, 3.05) is 21.3 Å². The van der Waals surface area contributed by atoms with Crippen molar-refractivity contribution in [1.29, 1.82) is 0 Å². The van der Waals surface area contributed by atoms with E-state index in [1.54, 1.807) is 27.2 Å². The molecule has 0 saturated heterocycles. The number of carbonyl (C=O) groups excluding carboxylic acids is 2. The molecule has 6 nitrogen and oxygen atoms in total. The number of Topliss-reactive ketones (excluding diaryl/α,β-unsaturated/α-hetero) is 1. The highest BCUT2D eigenvalue weighted by Gasteiger charge is 2.45. The molecule has 7 heteroatoms. The van der Waals surface area contributed by atoms with Gasteiger partial charge in [0.1, 0.15) is 5.92 Å². The number of ketones is 1. The molecule has 2 aromatic rings. The van der Waals surface area contributed by atoms with E-state index in [4.69, 9.17) is 30.8 Å². The number of hydrogen-bond acceptors (Lipinski definition) is 6. The predicted molar refractivity (Wildman–Crippen MR) is 126 cm³/mol. The van der Waals surface area contributed by atoms with Crippen LogP contribution in [0.25, 0.3) is 0 Å². The summed E-state index contributed by atoms with van der Waals surface area (Å²) in [6.07, 6.45) is 0.919. The Kier molecular flexibility index (Phi) is 6.56. The minimum atomic E-state index is -0.731. The second-order valence-electron chi connectivity index (χ2n) is 8.25. The maximum absolute atomic E-state index is 13.6. The molecule has 2 aromatic carbocycles. The molecule has 0 amide bonds. The van der Waals surface area contributed by atoms with E-state index in [1.807, 2.05) is 36.4 Å². The van der Waals surface area contributed by atoms with Crippen molar-refractivity contribution in [2.45, 2.75) is 31.6 Å². The van der Waals surface area contributed by atoms with Gasteiger partial charge >= 0.3 is 5.97 Å². The van der Waals surface area contributed by atoms with Crippen LogP contribution in [0.4, 0.5) is 0 Å². The fraction of sp³-hybridized carbons (Fsp3) is 0.346. The number of rotatable bonds is 5. The SMILES string of the molecule is COC(=O)C1C(C)=NC2=C(C(=O)C[C@H](c3ccc(Cl)cc3)C2)[C@@H]1c1cccc(OC)c1OC. The number of carbonyl (C=O) groups is 2. The first-order chi connectivity index (χ1) is 15.9. The molecule has 0 aromatic heterocycles. The fourth-order valence-corrected chi connectivity index (χ4v) is 5.08. The molecular weight excluding hydrogens is 442 g/mol. The van der Waals surface area contributed by atoms with Gasteiger partial charge in [-0.05, 0) is 43.0 Å². The van der Waals surface area contributed by atoms with Crippen LogP contribution in [0.5, 0.6) is 11.5 Å². The highest BCUT2D eigenvalue weighted by atomic mass is 35.5. The summed E-state index contributed by atoms with van der Waals surface area (Å²) in [6.45, 7) is 1.81. The van der Waals surface area contributed by atoms with Gasteiger partial charge in [-0.1, -0.05) is 35.9 Å². The van der Waals surface area contributed by atoms with Gasteiger partial charge in [-0.15, -0.1) is 0 Å². The second kappa shape index (κ2) is 9.40. The van der Waals surface area contributed by atoms with Crippen LogP contribution in [0.3, 0.4) is 0 Å². The number of ether oxygens (including phenoxy) is 3. The van der Waals surface area contributed by atoms with E-state index < -0.39 is 17.8 Å². The summed E-state index contributed by atoms with van der Waals surface area (Å²) in [5.74, 6) is -0.759. The van der Waals surface area contributed by atoms with Gasteiger partial charge in [-0.2, -0.15) is 0 Å². The Bertz CT molecular complexity index is 1150.